The molecule has 1 saturated heterocycles. The maximum absolute atomic E-state index is 13.2. The summed E-state index contributed by atoms with van der Waals surface area (Å²) in [5.74, 6) is -0.930. The number of piperidine rings is 1. The van der Waals surface area contributed by atoms with Gasteiger partial charge in [-0.15, -0.1) is 0 Å². The van der Waals surface area contributed by atoms with Crippen molar-refractivity contribution in [1.82, 2.24) is 10.2 Å². The number of nitrogens with one attached hydrogen (secondary N) is 1. The van der Waals surface area contributed by atoms with Crippen molar-refractivity contribution in [3.8, 4) is 0 Å². The van der Waals surface area contributed by atoms with Gasteiger partial charge in [-0.3, -0.25) is 14.1 Å². The second kappa shape index (κ2) is 12.5. The summed E-state index contributed by atoms with van der Waals surface area (Å²) in [7, 11) is -4.21. The zero-order chi connectivity index (χ0) is 24.2. The van der Waals surface area contributed by atoms with Crippen molar-refractivity contribution in [3.05, 3.63) is 70.2 Å². The molecule has 34 heavy (non-hydrogen) atoms. The molecule has 0 spiro atoms. The van der Waals surface area contributed by atoms with Crippen LogP contribution >= 0.6 is 11.6 Å². The molecule has 10 heteroatoms. The summed E-state index contributed by atoms with van der Waals surface area (Å²) in [4.78, 5) is 27.9. The van der Waals surface area contributed by atoms with Crippen molar-refractivity contribution in [2.45, 2.75) is 44.4 Å². The summed E-state index contributed by atoms with van der Waals surface area (Å²) in [5.41, 5.74) is 1.74. The van der Waals surface area contributed by atoms with E-state index in [-0.39, 0.29) is 48.4 Å². The van der Waals surface area contributed by atoms with Gasteiger partial charge in [0.1, 0.15) is 11.8 Å². The molecular formula is C24H30ClN2NaO5S. The molecule has 0 aliphatic carbocycles. The van der Waals surface area contributed by atoms with E-state index in [0.29, 0.717) is 29.6 Å². The first-order chi connectivity index (χ1) is 15.5. The average molecular weight is 517 g/mol. The summed E-state index contributed by atoms with van der Waals surface area (Å²) >= 11 is 5.98. The van der Waals surface area contributed by atoms with Gasteiger partial charge in [-0.2, -0.15) is 8.42 Å². The molecule has 1 heterocycles. The van der Waals surface area contributed by atoms with Crippen molar-refractivity contribution in [3.63, 3.8) is 0 Å². The molecule has 1 fully saturated rings. The molecule has 0 radical (unpaired) electrons. The van der Waals surface area contributed by atoms with Crippen LogP contribution < -0.4 is 34.9 Å². The number of hydrogen-bond donors (Lipinski definition) is 2. The van der Waals surface area contributed by atoms with Crippen LogP contribution in [0.5, 0.6) is 0 Å². The molecule has 0 saturated carbocycles. The third kappa shape index (κ3) is 8.07. The number of nitrogens with zero attached hydrogens (tertiary/aromatic N) is 1. The van der Waals surface area contributed by atoms with E-state index in [1.54, 1.807) is 17.0 Å². The van der Waals surface area contributed by atoms with E-state index in [1.807, 2.05) is 38.1 Å². The molecule has 1 atom stereocenters. The molecule has 2 amide bonds. The minimum atomic E-state index is -4.21. The summed E-state index contributed by atoms with van der Waals surface area (Å²) in [6, 6.07) is 13.1. The van der Waals surface area contributed by atoms with Crippen LogP contribution in [0.3, 0.4) is 0 Å². The molecule has 0 bridgehead atoms. The molecule has 1 aliphatic heterocycles. The number of hydrogen-bond acceptors (Lipinski definition) is 4. The molecular weight excluding hydrogens is 487 g/mol. The molecule has 0 aromatic heterocycles. The standard InChI is InChI=1S/C24H29ClN2O5S.Na.H/c1-16(2)22(26-23(28)20-5-3-4-17(14-20)15-33(30,31)32)24(29)27-12-10-19(11-13-27)18-6-8-21(25)9-7-18;;/h3-9,14,16,19,22H,10-13,15H2,1-2H3,(H,26,28)(H,30,31,32);;/q;+1;-1. The van der Waals surface area contributed by atoms with Crippen molar-refractivity contribution in [2.24, 2.45) is 5.92 Å². The van der Waals surface area contributed by atoms with Crippen LogP contribution in [-0.4, -0.2) is 48.8 Å². The van der Waals surface area contributed by atoms with Crippen molar-refractivity contribution in [2.75, 3.05) is 13.1 Å². The number of rotatable bonds is 7. The van der Waals surface area contributed by atoms with Crippen molar-refractivity contribution in [1.29, 1.82) is 0 Å². The minimum Gasteiger partial charge on any atom is -1.00 e. The smallest absolute Gasteiger partial charge is 1.00 e. The van der Waals surface area contributed by atoms with Crippen molar-refractivity contribution < 1.29 is 53.5 Å². The minimum absolute atomic E-state index is 0. The van der Waals surface area contributed by atoms with Gasteiger partial charge in [-0.1, -0.05) is 49.7 Å². The summed E-state index contributed by atoms with van der Waals surface area (Å²) in [5, 5.41) is 3.51. The van der Waals surface area contributed by atoms with E-state index in [9.17, 15) is 18.0 Å². The van der Waals surface area contributed by atoms with Gasteiger partial charge < -0.3 is 11.6 Å². The third-order valence-corrected chi connectivity index (χ3v) is 6.86. The predicted molar refractivity (Wildman–Crippen MR) is 129 cm³/mol. The number of carbonyl (C=O) groups is 2. The monoisotopic (exact) mass is 516 g/mol. The first-order valence-corrected chi connectivity index (χ1v) is 12.9. The Morgan fingerprint density at radius 3 is 2.32 bits per heavy atom. The number of carbonyl (C=O) groups excluding carboxylic acids is 2. The van der Waals surface area contributed by atoms with Gasteiger partial charge in [0.05, 0.1) is 0 Å². The molecule has 2 N–H and O–H groups in total. The Morgan fingerprint density at radius 1 is 1.15 bits per heavy atom. The van der Waals surface area contributed by atoms with Gasteiger partial charge in [0, 0.05) is 23.7 Å². The van der Waals surface area contributed by atoms with Crippen LogP contribution in [0.2, 0.25) is 5.02 Å². The normalized spacial score (nSPS) is 15.5. The molecule has 1 aliphatic rings. The topological polar surface area (TPSA) is 104 Å². The zero-order valence-corrected chi connectivity index (χ0v) is 23.3. The SMILES string of the molecule is CC(C)C(NC(=O)c1cccc(CS(=O)(=O)O)c1)C(=O)N1CCC(c2ccc(Cl)cc2)CC1.[H-].[Na+]. The molecule has 180 valence electrons. The average Bonchev–Trinajstić information content (AvgIpc) is 2.76. The number of amides is 2. The Bertz CT molecular complexity index is 1110. The van der Waals surface area contributed by atoms with Crippen LogP contribution in [0.1, 0.15) is 55.5 Å². The molecule has 7 nitrogen and oxygen atoms in total. The van der Waals surface area contributed by atoms with Gasteiger partial charge >= 0.3 is 29.6 Å². The summed E-state index contributed by atoms with van der Waals surface area (Å²) < 4.78 is 31.3. The fraction of sp³-hybridized carbons (Fsp3) is 0.417. The van der Waals surface area contributed by atoms with Gasteiger partial charge in [-0.05, 0) is 60.1 Å². The number of benzene rings is 2. The fourth-order valence-electron chi connectivity index (χ4n) is 4.12. The van der Waals surface area contributed by atoms with Crippen molar-refractivity contribution >= 4 is 33.5 Å². The van der Waals surface area contributed by atoms with E-state index >= 15 is 0 Å². The Labute approximate surface area is 229 Å². The Kier molecular flexibility index (Phi) is 10.6. The van der Waals surface area contributed by atoms with Crippen LogP contribution in [0.15, 0.2) is 48.5 Å². The molecule has 2 aromatic carbocycles. The van der Waals surface area contributed by atoms with E-state index in [0.717, 1.165) is 12.8 Å². The second-order valence-electron chi connectivity index (χ2n) is 8.77. The number of likely N-dealkylation sites (tertiary alicyclic amines) is 1. The molecule has 2 aromatic rings. The summed E-state index contributed by atoms with van der Waals surface area (Å²) in [6.45, 7) is 4.96. The zero-order valence-electron chi connectivity index (χ0n) is 20.7. The maximum atomic E-state index is 13.2. The quantitative estimate of drug-likeness (QED) is 0.422. The number of halogens is 1. The van der Waals surface area contributed by atoms with E-state index in [2.05, 4.69) is 5.32 Å². The van der Waals surface area contributed by atoms with Crippen LogP contribution in [0.4, 0.5) is 0 Å². The first kappa shape index (κ1) is 28.8. The van der Waals surface area contributed by atoms with Crippen LogP contribution in [0.25, 0.3) is 0 Å². The fourth-order valence-corrected chi connectivity index (χ4v) is 4.84. The van der Waals surface area contributed by atoms with Gasteiger partial charge in [0.2, 0.25) is 5.91 Å². The molecule has 1 unspecified atom stereocenters. The van der Waals surface area contributed by atoms with Gasteiger partial charge in [-0.25, -0.2) is 0 Å². The maximum Gasteiger partial charge on any atom is 1.00 e. The van der Waals surface area contributed by atoms with Crippen LogP contribution in [0, 0.1) is 5.92 Å². The van der Waals surface area contributed by atoms with Gasteiger partial charge in [0.15, 0.2) is 0 Å². The summed E-state index contributed by atoms with van der Waals surface area (Å²) in [6.07, 6.45) is 1.67. The Balaban J connectivity index is 0.00000306. The predicted octanol–water partition coefficient (Wildman–Crippen LogP) is 1.00. The van der Waals surface area contributed by atoms with E-state index < -0.39 is 27.8 Å². The first-order valence-electron chi connectivity index (χ1n) is 10.9. The van der Waals surface area contributed by atoms with E-state index in [1.165, 1.54) is 17.7 Å². The second-order valence-corrected chi connectivity index (χ2v) is 10.7. The Morgan fingerprint density at radius 2 is 1.76 bits per heavy atom. The van der Waals surface area contributed by atoms with Crippen LogP contribution in [-0.2, 0) is 20.7 Å². The third-order valence-electron chi connectivity index (χ3n) is 5.91. The van der Waals surface area contributed by atoms with Gasteiger partial charge in [0.25, 0.3) is 16.0 Å². The van der Waals surface area contributed by atoms with E-state index in [4.69, 9.17) is 16.2 Å². The Hall–Kier alpha value is -1.42. The molecule has 3 rings (SSSR count). The largest absolute Gasteiger partial charge is 1.00 e.